The fourth-order valence-electron chi connectivity index (χ4n) is 6.83. The molecule has 0 saturated carbocycles. The van der Waals surface area contributed by atoms with Gasteiger partial charge in [-0.2, -0.15) is 0 Å². The SMILES string of the molecule is CN(C)c1cc(CNC(C)(C)C)c(O)c2c1C[C@H]1C[C@@]3(C)C(N(C)C)C(O)=C(C(N)=O)C(=O)[C@@]3(O)C(O)=C1C2=O. The maximum Gasteiger partial charge on any atom is 0.255 e. The zero-order valence-electron chi connectivity index (χ0n) is 24.3. The number of phenols is 1. The third kappa shape index (κ3) is 4.02. The largest absolute Gasteiger partial charge is 0.510 e. The Kier molecular flexibility index (Phi) is 6.89. The lowest BCUT2D eigenvalue weighted by atomic mass is 9.51. The van der Waals surface area contributed by atoms with Crippen molar-refractivity contribution >= 4 is 23.2 Å². The number of ketones is 2. The first-order valence-electron chi connectivity index (χ1n) is 13.2. The van der Waals surface area contributed by atoms with Crippen molar-refractivity contribution in [3.05, 3.63) is 45.4 Å². The lowest BCUT2D eigenvalue weighted by molar-refractivity contribution is -0.165. The first kappa shape index (κ1) is 29.6. The Balaban J connectivity index is 1.98. The number of fused-ring (bicyclic) bond motifs is 3. The standard InChI is InChI=1S/C29H40N4O7/c1-27(2,3)31-12-14-10-16(32(5)6)15-9-13-11-28(4)23(33(7)8)22(36)19(26(30)39)25(38)29(28,40)24(37)17(13)21(35)18(15)20(14)34/h10,13,23,31,34,36-37,40H,9,11-12H2,1-8H3,(H2,30,39)/t13-,23?,28-,29-/m0/s1. The summed E-state index contributed by atoms with van der Waals surface area (Å²) in [5.41, 5.74) is 1.68. The van der Waals surface area contributed by atoms with Gasteiger partial charge in [-0.3, -0.25) is 19.3 Å². The normalized spacial score (nSPS) is 28.4. The van der Waals surface area contributed by atoms with Crippen molar-refractivity contribution in [3.63, 3.8) is 0 Å². The van der Waals surface area contributed by atoms with Gasteiger partial charge in [0, 0.05) is 48.4 Å². The van der Waals surface area contributed by atoms with Gasteiger partial charge in [-0.05, 0) is 65.3 Å². The van der Waals surface area contributed by atoms with E-state index in [-0.39, 0.29) is 41.8 Å². The second-order valence-electron chi connectivity index (χ2n) is 12.9. The number of benzene rings is 1. The zero-order chi connectivity index (χ0) is 30.3. The molecule has 3 aliphatic carbocycles. The fraction of sp³-hybridized carbons (Fsp3) is 0.552. The summed E-state index contributed by atoms with van der Waals surface area (Å²) in [5.74, 6) is -5.58. The minimum atomic E-state index is -2.72. The molecule has 11 heteroatoms. The maximum atomic E-state index is 14.1. The molecule has 4 atom stereocenters. The van der Waals surface area contributed by atoms with Crippen LogP contribution in [0.4, 0.5) is 5.69 Å². The van der Waals surface area contributed by atoms with Crippen molar-refractivity contribution in [2.75, 3.05) is 33.1 Å². The number of likely N-dealkylation sites (N-methyl/N-ethyl adjacent to an activating group) is 1. The van der Waals surface area contributed by atoms with Crippen LogP contribution in [0.1, 0.15) is 55.6 Å². The lowest BCUT2D eigenvalue weighted by Gasteiger charge is -2.57. The van der Waals surface area contributed by atoms with E-state index in [2.05, 4.69) is 5.32 Å². The monoisotopic (exact) mass is 556 g/mol. The molecular weight excluding hydrogens is 516 g/mol. The molecule has 0 aliphatic heterocycles. The second-order valence-corrected chi connectivity index (χ2v) is 12.9. The number of nitrogens with zero attached hydrogens (tertiary/aromatic N) is 2. The molecule has 3 aliphatic rings. The molecule has 1 aromatic carbocycles. The van der Waals surface area contributed by atoms with E-state index >= 15 is 0 Å². The van der Waals surface area contributed by atoms with Crippen molar-refractivity contribution in [3.8, 4) is 5.75 Å². The third-order valence-electron chi connectivity index (χ3n) is 8.62. The van der Waals surface area contributed by atoms with E-state index in [0.29, 0.717) is 11.1 Å². The molecule has 218 valence electrons. The molecular formula is C29H40N4O7. The smallest absolute Gasteiger partial charge is 0.255 e. The number of amides is 1. The average molecular weight is 557 g/mol. The van der Waals surface area contributed by atoms with Gasteiger partial charge in [-0.15, -0.1) is 0 Å². The first-order chi connectivity index (χ1) is 18.3. The quantitative estimate of drug-likeness (QED) is 0.291. The van der Waals surface area contributed by atoms with E-state index in [1.807, 2.05) is 45.8 Å². The number of hydrogen-bond acceptors (Lipinski definition) is 10. The van der Waals surface area contributed by atoms with Gasteiger partial charge in [0.25, 0.3) is 5.91 Å². The molecule has 0 fully saturated rings. The topological polar surface area (TPSA) is 177 Å². The summed E-state index contributed by atoms with van der Waals surface area (Å²) in [4.78, 5) is 43.4. The Hall–Kier alpha value is -3.41. The van der Waals surface area contributed by atoms with Crippen LogP contribution in [-0.2, 0) is 22.6 Å². The van der Waals surface area contributed by atoms with E-state index in [0.717, 1.165) is 5.69 Å². The predicted molar refractivity (Wildman–Crippen MR) is 149 cm³/mol. The predicted octanol–water partition coefficient (Wildman–Crippen LogP) is 1.46. The van der Waals surface area contributed by atoms with Crippen LogP contribution in [0.5, 0.6) is 5.75 Å². The molecule has 40 heavy (non-hydrogen) atoms. The van der Waals surface area contributed by atoms with E-state index in [1.165, 1.54) is 4.90 Å². The van der Waals surface area contributed by atoms with Crippen molar-refractivity contribution in [2.24, 2.45) is 17.1 Å². The number of carbonyl (C=O) groups is 3. The summed E-state index contributed by atoms with van der Waals surface area (Å²) in [6.07, 6.45) is 0.238. The van der Waals surface area contributed by atoms with Crippen LogP contribution in [0.2, 0.25) is 0 Å². The van der Waals surface area contributed by atoms with Gasteiger partial charge < -0.3 is 36.4 Å². The van der Waals surface area contributed by atoms with Gasteiger partial charge in [0.05, 0.1) is 11.6 Å². The summed E-state index contributed by atoms with van der Waals surface area (Å²) in [6.45, 7) is 7.73. The summed E-state index contributed by atoms with van der Waals surface area (Å²) in [6, 6.07) is 0.751. The Morgan fingerprint density at radius 3 is 2.25 bits per heavy atom. The summed E-state index contributed by atoms with van der Waals surface area (Å²) in [5, 5.41) is 49.3. The van der Waals surface area contributed by atoms with Gasteiger partial charge in [-0.1, -0.05) is 6.92 Å². The van der Waals surface area contributed by atoms with Gasteiger partial charge >= 0.3 is 0 Å². The van der Waals surface area contributed by atoms with Gasteiger partial charge in [0.15, 0.2) is 11.4 Å². The van der Waals surface area contributed by atoms with Gasteiger partial charge in [0.1, 0.15) is 22.8 Å². The highest BCUT2D eigenvalue weighted by atomic mass is 16.4. The molecule has 1 unspecified atom stereocenters. The van der Waals surface area contributed by atoms with Gasteiger partial charge in [0.2, 0.25) is 5.78 Å². The van der Waals surface area contributed by atoms with Crippen molar-refractivity contribution in [1.82, 2.24) is 10.2 Å². The van der Waals surface area contributed by atoms with Crippen LogP contribution in [0, 0.1) is 11.3 Å². The number of carbonyl (C=O) groups excluding carboxylic acids is 3. The first-order valence-corrected chi connectivity index (χ1v) is 13.2. The molecule has 0 aromatic heterocycles. The van der Waals surface area contributed by atoms with E-state index in [4.69, 9.17) is 5.73 Å². The molecule has 0 radical (unpaired) electrons. The lowest BCUT2D eigenvalue weighted by Crippen LogP contribution is -2.69. The number of allylic oxidation sites excluding steroid dienone is 1. The highest BCUT2D eigenvalue weighted by molar-refractivity contribution is 6.25. The second kappa shape index (κ2) is 9.32. The maximum absolute atomic E-state index is 14.1. The number of anilines is 1. The highest BCUT2D eigenvalue weighted by Crippen LogP contribution is 2.59. The van der Waals surface area contributed by atoms with E-state index in [1.54, 1.807) is 21.0 Å². The molecule has 0 spiro atoms. The molecule has 4 rings (SSSR count). The van der Waals surface area contributed by atoms with Crippen LogP contribution in [0.3, 0.4) is 0 Å². The van der Waals surface area contributed by atoms with Crippen molar-refractivity contribution < 1.29 is 34.8 Å². The Morgan fingerprint density at radius 2 is 1.75 bits per heavy atom. The average Bonchev–Trinajstić information content (AvgIpc) is 2.79. The minimum absolute atomic E-state index is 0.00263. The molecule has 11 nitrogen and oxygen atoms in total. The number of aliphatic hydroxyl groups excluding tert-OH is 2. The number of Topliss-reactive ketones (excluding diaryl/α,β-unsaturated/α-hetero) is 2. The Bertz CT molecular complexity index is 1390. The molecule has 1 aromatic rings. The van der Waals surface area contributed by atoms with Crippen LogP contribution in [0.25, 0.3) is 0 Å². The molecule has 7 N–H and O–H groups in total. The van der Waals surface area contributed by atoms with Crippen LogP contribution in [0.15, 0.2) is 28.7 Å². The number of hydrogen-bond donors (Lipinski definition) is 6. The number of phenolic OH excluding ortho intramolecular Hbond substituents is 1. The number of primary amides is 1. The number of nitrogens with one attached hydrogen (secondary N) is 1. The van der Waals surface area contributed by atoms with Crippen LogP contribution < -0.4 is 16.0 Å². The summed E-state index contributed by atoms with van der Waals surface area (Å²) >= 11 is 0. The zero-order valence-corrected chi connectivity index (χ0v) is 24.3. The van der Waals surface area contributed by atoms with Crippen molar-refractivity contribution in [1.29, 1.82) is 0 Å². The number of aromatic hydroxyl groups is 1. The number of rotatable bonds is 5. The summed E-state index contributed by atoms with van der Waals surface area (Å²) in [7, 11) is 6.87. The molecule has 1 amide bonds. The fourth-order valence-corrected chi connectivity index (χ4v) is 6.83. The van der Waals surface area contributed by atoms with Crippen LogP contribution in [-0.4, -0.2) is 88.2 Å². The minimum Gasteiger partial charge on any atom is -0.510 e. The Labute approximate surface area is 233 Å². The molecule has 0 saturated heterocycles. The third-order valence-corrected chi connectivity index (χ3v) is 8.62. The molecule has 0 bridgehead atoms. The van der Waals surface area contributed by atoms with Crippen LogP contribution >= 0.6 is 0 Å². The number of nitrogens with two attached hydrogens (primary N) is 1. The van der Waals surface area contributed by atoms with E-state index in [9.17, 15) is 34.8 Å². The van der Waals surface area contributed by atoms with Gasteiger partial charge in [-0.25, -0.2) is 0 Å². The summed E-state index contributed by atoms with van der Waals surface area (Å²) < 4.78 is 0. The van der Waals surface area contributed by atoms with Crippen molar-refractivity contribution in [2.45, 2.75) is 64.3 Å². The Morgan fingerprint density at radius 1 is 1.15 bits per heavy atom. The molecule has 0 heterocycles. The van der Waals surface area contributed by atoms with E-state index < -0.39 is 57.5 Å². The highest BCUT2D eigenvalue weighted by Gasteiger charge is 2.69. The number of aliphatic hydroxyl groups is 3.